The predicted molar refractivity (Wildman–Crippen MR) is 128 cm³/mol. The lowest BCUT2D eigenvalue weighted by molar-refractivity contribution is -0.141. The Hall–Kier alpha value is -2.74. The van der Waals surface area contributed by atoms with Gasteiger partial charge in [-0.3, -0.25) is 14.4 Å². The molecule has 0 radical (unpaired) electrons. The van der Waals surface area contributed by atoms with E-state index in [9.17, 15) is 24.3 Å². The first-order chi connectivity index (χ1) is 15.7. The number of amides is 3. The molecule has 3 amide bonds. The van der Waals surface area contributed by atoms with Gasteiger partial charge in [-0.2, -0.15) is 25.3 Å². The van der Waals surface area contributed by atoms with Crippen LogP contribution in [-0.4, -0.2) is 81.2 Å². The third-order valence-electron chi connectivity index (χ3n) is 4.88. The van der Waals surface area contributed by atoms with Crippen LogP contribution in [0.15, 0.2) is 30.5 Å². The van der Waals surface area contributed by atoms with Crippen molar-refractivity contribution in [2.45, 2.75) is 30.6 Å². The van der Waals surface area contributed by atoms with Gasteiger partial charge in [0.2, 0.25) is 17.7 Å². The Morgan fingerprint density at radius 2 is 1.52 bits per heavy atom. The maximum atomic E-state index is 12.9. The molecule has 180 valence electrons. The third kappa shape index (κ3) is 7.12. The first-order valence-electron chi connectivity index (χ1n) is 9.98. The van der Waals surface area contributed by atoms with E-state index in [1.165, 1.54) is 0 Å². The van der Waals surface area contributed by atoms with Crippen molar-refractivity contribution >= 4 is 59.9 Å². The second kappa shape index (κ2) is 12.5. The number of fused-ring (bicyclic) bond motifs is 1. The van der Waals surface area contributed by atoms with E-state index >= 15 is 0 Å². The van der Waals surface area contributed by atoms with Crippen LogP contribution in [0.5, 0.6) is 0 Å². The second-order valence-corrected chi connectivity index (χ2v) is 7.97. The number of aromatic nitrogens is 1. The number of para-hydroxylation sites is 1. The van der Waals surface area contributed by atoms with E-state index in [-0.39, 0.29) is 17.9 Å². The smallest absolute Gasteiger partial charge is 0.327 e. The van der Waals surface area contributed by atoms with Gasteiger partial charge in [0.25, 0.3) is 0 Å². The van der Waals surface area contributed by atoms with Gasteiger partial charge in [-0.25, -0.2) is 4.79 Å². The molecule has 33 heavy (non-hydrogen) atoms. The minimum atomic E-state index is -1.27. The molecule has 1 aromatic carbocycles. The quantitative estimate of drug-likeness (QED) is 0.158. The van der Waals surface area contributed by atoms with Crippen molar-refractivity contribution in [3.8, 4) is 0 Å². The molecule has 0 spiro atoms. The number of aromatic amines is 1. The third-order valence-corrected chi connectivity index (χ3v) is 5.61. The molecule has 0 aliphatic heterocycles. The summed E-state index contributed by atoms with van der Waals surface area (Å²) in [5.74, 6) is -3.73. The van der Waals surface area contributed by atoms with E-state index in [1.807, 2.05) is 24.3 Å². The Bertz CT molecular complexity index is 1000. The molecule has 0 aliphatic carbocycles. The zero-order valence-electron chi connectivity index (χ0n) is 17.5. The van der Waals surface area contributed by atoms with Gasteiger partial charge in [-0.05, 0) is 11.6 Å². The molecule has 11 nitrogen and oxygen atoms in total. The van der Waals surface area contributed by atoms with Crippen LogP contribution in [0.3, 0.4) is 0 Å². The minimum absolute atomic E-state index is 0.0455. The number of carboxylic acid groups (broad SMARTS) is 1. The molecule has 8 N–H and O–H groups in total. The number of benzene rings is 1. The van der Waals surface area contributed by atoms with Crippen LogP contribution >= 0.6 is 25.3 Å². The standard InChI is InChI=1S/C20H27N5O6S2/c21-12(7-26)17(27)24-15(8-32)19(29)23-14(18(28)25-16(9-33)20(30)31)5-10-6-22-13-4-2-1-3-11(10)13/h1-4,6,12,14-16,22,26,32-33H,5,7-9,21H2,(H,23,29)(H,24,27)(H,25,28)(H,30,31). The topological polar surface area (TPSA) is 187 Å². The van der Waals surface area contributed by atoms with Gasteiger partial charge >= 0.3 is 5.97 Å². The largest absolute Gasteiger partial charge is 0.480 e. The highest BCUT2D eigenvalue weighted by molar-refractivity contribution is 7.80. The molecule has 0 bridgehead atoms. The number of thiol groups is 2. The minimum Gasteiger partial charge on any atom is -0.480 e. The Morgan fingerprint density at radius 1 is 0.939 bits per heavy atom. The number of carboxylic acids is 1. The van der Waals surface area contributed by atoms with Crippen molar-refractivity contribution in [2.75, 3.05) is 18.1 Å². The highest BCUT2D eigenvalue weighted by Crippen LogP contribution is 2.19. The molecule has 4 atom stereocenters. The van der Waals surface area contributed by atoms with Crippen molar-refractivity contribution in [3.63, 3.8) is 0 Å². The molecule has 0 aliphatic rings. The molecule has 2 aromatic rings. The zero-order valence-corrected chi connectivity index (χ0v) is 19.3. The normalized spacial score (nSPS) is 14.7. The molecule has 0 saturated carbocycles. The van der Waals surface area contributed by atoms with Crippen molar-refractivity contribution in [3.05, 3.63) is 36.0 Å². The number of nitrogens with two attached hydrogens (primary N) is 1. The maximum Gasteiger partial charge on any atom is 0.327 e. The van der Waals surface area contributed by atoms with E-state index < -0.39 is 54.5 Å². The summed E-state index contributed by atoms with van der Waals surface area (Å²) in [6.45, 7) is -0.612. The highest BCUT2D eigenvalue weighted by atomic mass is 32.1. The fourth-order valence-corrected chi connectivity index (χ4v) is 3.52. The van der Waals surface area contributed by atoms with Crippen LogP contribution < -0.4 is 21.7 Å². The number of carbonyl (C=O) groups excluding carboxylic acids is 3. The number of aliphatic carboxylic acids is 1. The van der Waals surface area contributed by atoms with E-state index in [4.69, 9.17) is 10.8 Å². The van der Waals surface area contributed by atoms with E-state index in [1.54, 1.807) is 6.20 Å². The highest BCUT2D eigenvalue weighted by Gasteiger charge is 2.30. The van der Waals surface area contributed by atoms with E-state index in [0.717, 1.165) is 16.5 Å². The molecule has 1 heterocycles. The number of aliphatic hydroxyl groups excluding tert-OH is 1. The van der Waals surface area contributed by atoms with Gasteiger partial charge < -0.3 is 36.9 Å². The van der Waals surface area contributed by atoms with Gasteiger partial charge in [0.05, 0.1) is 6.61 Å². The summed E-state index contributed by atoms with van der Waals surface area (Å²) < 4.78 is 0. The first kappa shape index (κ1) is 26.5. The molecule has 4 unspecified atom stereocenters. The van der Waals surface area contributed by atoms with E-state index in [2.05, 4.69) is 46.2 Å². The maximum absolute atomic E-state index is 12.9. The van der Waals surface area contributed by atoms with Gasteiger partial charge in [0, 0.05) is 35.0 Å². The van der Waals surface area contributed by atoms with Crippen molar-refractivity contribution in [1.29, 1.82) is 0 Å². The summed E-state index contributed by atoms with van der Waals surface area (Å²) in [7, 11) is 0. The SMILES string of the molecule is NC(CO)C(=O)NC(CS)C(=O)NC(Cc1c[nH]c2ccccc12)C(=O)NC(CS)C(=O)O. The fraction of sp³-hybridized carbons (Fsp3) is 0.400. The fourth-order valence-electron chi connectivity index (χ4n) is 3.02. The Labute approximate surface area is 200 Å². The lowest BCUT2D eigenvalue weighted by Crippen LogP contribution is -2.58. The van der Waals surface area contributed by atoms with Crippen molar-refractivity contribution in [2.24, 2.45) is 5.73 Å². The molecule has 1 aromatic heterocycles. The Morgan fingerprint density at radius 3 is 2.12 bits per heavy atom. The molecular weight excluding hydrogens is 470 g/mol. The molecule has 2 rings (SSSR count). The van der Waals surface area contributed by atoms with Crippen LogP contribution in [0.4, 0.5) is 0 Å². The number of carbonyl (C=O) groups is 4. The second-order valence-electron chi connectivity index (χ2n) is 7.24. The zero-order chi connectivity index (χ0) is 24.5. The van der Waals surface area contributed by atoms with Crippen LogP contribution in [0.1, 0.15) is 5.56 Å². The number of rotatable bonds is 12. The number of H-pyrrole nitrogens is 1. The van der Waals surface area contributed by atoms with Gasteiger partial charge in [0.15, 0.2) is 0 Å². The van der Waals surface area contributed by atoms with Gasteiger partial charge in [-0.15, -0.1) is 0 Å². The van der Waals surface area contributed by atoms with Crippen LogP contribution in [-0.2, 0) is 25.6 Å². The summed E-state index contributed by atoms with van der Waals surface area (Å²) >= 11 is 8.01. The van der Waals surface area contributed by atoms with Crippen LogP contribution in [0, 0.1) is 0 Å². The summed E-state index contributed by atoms with van der Waals surface area (Å²) in [4.78, 5) is 52.1. The molecule has 0 saturated heterocycles. The number of nitrogens with one attached hydrogen (secondary N) is 4. The van der Waals surface area contributed by atoms with Gasteiger partial charge in [0.1, 0.15) is 24.2 Å². The number of hydrogen-bond donors (Lipinski definition) is 9. The van der Waals surface area contributed by atoms with Crippen LogP contribution in [0.2, 0.25) is 0 Å². The van der Waals surface area contributed by atoms with Crippen molar-refractivity contribution < 1.29 is 29.4 Å². The summed E-state index contributed by atoms with van der Waals surface area (Å²) in [6.07, 6.45) is 1.74. The van der Waals surface area contributed by atoms with E-state index in [0.29, 0.717) is 0 Å². The summed E-state index contributed by atoms with van der Waals surface area (Å²) in [5, 5.41) is 26.4. The lowest BCUT2D eigenvalue weighted by atomic mass is 10.0. The first-order valence-corrected chi connectivity index (χ1v) is 11.2. The average Bonchev–Trinajstić information content (AvgIpc) is 3.22. The molecule has 13 heteroatoms. The molecular formula is C20H27N5O6S2. The van der Waals surface area contributed by atoms with Crippen LogP contribution in [0.25, 0.3) is 10.9 Å². The lowest BCUT2D eigenvalue weighted by Gasteiger charge is -2.24. The average molecular weight is 498 g/mol. The Kier molecular flexibility index (Phi) is 10.0. The molecule has 0 fully saturated rings. The summed E-state index contributed by atoms with van der Waals surface area (Å²) in [5.41, 5.74) is 7.01. The van der Waals surface area contributed by atoms with Crippen molar-refractivity contribution in [1.82, 2.24) is 20.9 Å². The monoisotopic (exact) mass is 497 g/mol. The Balaban J connectivity index is 2.25. The number of hydrogen-bond acceptors (Lipinski definition) is 8. The van der Waals surface area contributed by atoms with Gasteiger partial charge in [-0.1, -0.05) is 18.2 Å². The predicted octanol–water partition coefficient (Wildman–Crippen LogP) is -1.57. The summed E-state index contributed by atoms with van der Waals surface area (Å²) in [6, 6.07) is 2.58. The number of aliphatic hydroxyl groups is 1.